The van der Waals surface area contributed by atoms with Crippen LogP contribution in [0.3, 0.4) is 0 Å². The second-order valence-electron chi connectivity index (χ2n) is 7.50. The molecule has 18 heavy (non-hydrogen) atoms. The van der Waals surface area contributed by atoms with Gasteiger partial charge in [-0.05, 0) is 62.7 Å². The van der Waals surface area contributed by atoms with Crippen molar-refractivity contribution in [1.29, 1.82) is 0 Å². The fourth-order valence-corrected chi connectivity index (χ4v) is 6.04. The van der Waals surface area contributed by atoms with Crippen molar-refractivity contribution in [3.63, 3.8) is 0 Å². The van der Waals surface area contributed by atoms with Gasteiger partial charge in [0.2, 0.25) is 0 Å². The van der Waals surface area contributed by atoms with Gasteiger partial charge in [0.15, 0.2) is 0 Å². The summed E-state index contributed by atoms with van der Waals surface area (Å²) in [5, 5.41) is 9.88. The van der Waals surface area contributed by atoms with Crippen LogP contribution >= 0.6 is 0 Å². The molecular formula is C16H22O2. The highest BCUT2D eigenvalue weighted by Gasteiger charge is 2.69. The third kappa shape index (κ3) is 0.972. The van der Waals surface area contributed by atoms with E-state index < -0.39 is 11.4 Å². The topological polar surface area (TPSA) is 37.3 Å². The molecule has 1 N–H and O–H groups in total. The number of carboxylic acid groups (broad SMARTS) is 1. The Morgan fingerprint density at radius 3 is 2.56 bits per heavy atom. The molecule has 4 aliphatic rings. The maximum atomic E-state index is 12.0. The Labute approximate surface area is 108 Å². The number of fused-ring (bicyclic) bond motifs is 4. The quantitative estimate of drug-likeness (QED) is 0.753. The van der Waals surface area contributed by atoms with Crippen LogP contribution in [-0.2, 0) is 4.79 Å². The van der Waals surface area contributed by atoms with Crippen LogP contribution in [0.15, 0.2) is 11.6 Å². The predicted molar refractivity (Wildman–Crippen MR) is 69.1 cm³/mol. The Morgan fingerprint density at radius 2 is 2.06 bits per heavy atom. The Hall–Kier alpha value is -0.790. The molecular weight excluding hydrogens is 224 g/mol. The summed E-state index contributed by atoms with van der Waals surface area (Å²) in [6.07, 6.45) is 11.7. The molecule has 2 unspecified atom stereocenters. The number of rotatable bonds is 2. The van der Waals surface area contributed by atoms with Crippen molar-refractivity contribution < 1.29 is 9.90 Å². The van der Waals surface area contributed by atoms with Gasteiger partial charge in [0, 0.05) is 5.41 Å². The predicted octanol–water partition coefficient (Wildman–Crippen LogP) is 3.77. The van der Waals surface area contributed by atoms with Gasteiger partial charge >= 0.3 is 5.97 Å². The Kier molecular flexibility index (Phi) is 1.86. The molecule has 0 aromatic heterocycles. The lowest BCUT2D eigenvalue weighted by molar-refractivity contribution is -0.161. The highest BCUT2D eigenvalue weighted by molar-refractivity contribution is 5.79. The molecule has 0 amide bonds. The summed E-state index contributed by atoms with van der Waals surface area (Å²) in [6, 6.07) is 0. The molecule has 0 aliphatic heterocycles. The van der Waals surface area contributed by atoms with Gasteiger partial charge in [-0.3, -0.25) is 4.79 Å². The number of aliphatic carboxylic acids is 1. The molecule has 0 heterocycles. The van der Waals surface area contributed by atoms with Crippen molar-refractivity contribution in [2.24, 2.45) is 22.2 Å². The van der Waals surface area contributed by atoms with Crippen molar-refractivity contribution in [2.75, 3.05) is 0 Å². The number of carboxylic acids is 1. The fraction of sp³-hybridized carbons (Fsp3) is 0.812. The number of hydrogen-bond acceptors (Lipinski definition) is 1. The summed E-state index contributed by atoms with van der Waals surface area (Å²) >= 11 is 0. The zero-order chi connectivity index (χ0) is 12.6. The van der Waals surface area contributed by atoms with Crippen LogP contribution in [-0.4, -0.2) is 11.1 Å². The van der Waals surface area contributed by atoms with Gasteiger partial charge in [-0.15, -0.1) is 0 Å². The molecule has 3 saturated carbocycles. The maximum absolute atomic E-state index is 12.0. The van der Waals surface area contributed by atoms with Gasteiger partial charge in [0.25, 0.3) is 0 Å². The van der Waals surface area contributed by atoms with Crippen LogP contribution in [0.25, 0.3) is 0 Å². The van der Waals surface area contributed by atoms with Crippen molar-refractivity contribution in [3.8, 4) is 0 Å². The van der Waals surface area contributed by atoms with Crippen molar-refractivity contribution in [1.82, 2.24) is 0 Å². The first-order valence-corrected chi connectivity index (χ1v) is 7.45. The second kappa shape index (κ2) is 3.02. The lowest BCUT2D eigenvalue weighted by Crippen LogP contribution is -2.51. The number of carbonyl (C=O) groups is 1. The Morgan fingerprint density at radius 1 is 1.33 bits per heavy atom. The van der Waals surface area contributed by atoms with E-state index in [4.69, 9.17) is 0 Å². The van der Waals surface area contributed by atoms with E-state index in [1.165, 1.54) is 37.7 Å². The average molecular weight is 246 g/mol. The van der Waals surface area contributed by atoms with E-state index in [-0.39, 0.29) is 5.41 Å². The monoisotopic (exact) mass is 246 g/mol. The first-order valence-electron chi connectivity index (χ1n) is 7.45. The third-order valence-electron chi connectivity index (χ3n) is 7.14. The first kappa shape index (κ1) is 11.1. The molecule has 3 fully saturated rings. The Balaban J connectivity index is 1.85. The molecule has 0 aromatic rings. The number of hydrogen-bond donors (Lipinski definition) is 1. The van der Waals surface area contributed by atoms with E-state index in [2.05, 4.69) is 13.0 Å². The molecule has 98 valence electrons. The minimum absolute atomic E-state index is 0.0648. The molecule has 2 nitrogen and oxygen atoms in total. The highest BCUT2D eigenvalue weighted by Crippen LogP contribution is 2.74. The van der Waals surface area contributed by atoms with Gasteiger partial charge in [0.1, 0.15) is 0 Å². The van der Waals surface area contributed by atoms with Gasteiger partial charge in [-0.1, -0.05) is 18.6 Å². The summed E-state index contributed by atoms with van der Waals surface area (Å²) in [5.74, 6) is 0.365. The minimum Gasteiger partial charge on any atom is -0.481 e. The average Bonchev–Trinajstić information content (AvgIpc) is 3.07. The highest BCUT2D eigenvalue weighted by atomic mass is 16.4. The third-order valence-corrected chi connectivity index (χ3v) is 7.14. The molecule has 0 saturated heterocycles. The summed E-state index contributed by atoms with van der Waals surface area (Å²) < 4.78 is 0. The summed E-state index contributed by atoms with van der Waals surface area (Å²) in [4.78, 5) is 12.0. The van der Waals surface area contributed by atoms with Crippen molar-refractivity contribution >= 4 is 5.97 Å². The molecule has 2 atom stereocenters. The van der Waals surface area contributed by atoms with E-state index in [9.17, 15) is 9.90 Å². The van der Waals surface area contributed by atoms with E-state index in [0.29, 0.717) is 5.41 Å². The van der Waals surface area contributed by atoms with E-state index >= 15 is 0 Å². The molecule has 0 radical (unpaired) electrons. The van der Waals surface area contributed by atoms with E-state index in [0.717, 1.165) is 25.2 Å². The largest absolute Gasteiger partial charge is 0.481 e. The van der Waals surface area contributed by atoms with Crippen LogP contribution in [0.4, 0.5) is 0 Å². The van der Waals surface area contributed by atoms with Crippen LogP contribution in [0, 0.1) is 22.2 Å². The lowest BCUT2D eigenvalue weighted by atomic mass is 9.51. The second-order valence-corrected chi connectivity index (χ2v) is 7.50. The lowest BCUT2D eigenvalue weighted by Gasteiger charge is -2.51. The normalized spacial score (nSPS) is 52.9. The van der Waals surface area contributed by atoms with Gasteiger partial charge in [-0.25, -0.2) is 0 Å². The minimum atomic E-state index is -0.529. The summed E-state index contributed by atoms with van der Waals surface area (Å²) in [5.41, 5.74) is 1.23. The van der Waals surface area contributed by atoms with Gasteiger partial charge in [0.05, 0.1) is 5.41 Å². The van der Waals surface area contributed by atoms with Crippen LogP contribution in [0.2, 0.25) is 0 Å². The zero-order valence-corrected chi connectivity index (χ0v) is 11.2. The molecule has 0 spiro atoms. The van der Waals surface area contributed by atoms with Crippen LogP contribution in [0.5, 0.6) is 0 Å². The molecule has 0 aromatic carbocycles. The summed E-state index contributed by atoms with van der Waals surface area (Å²) in [6.45, 7) is 2.28. The standard InChI is InChI=1S/C16H22O2/c1-14(15-5-2-11(9-15)3-6-15)8-12-4-7-16(14,10-12)13(17)18/h8,11H,2-7,9-10H2,1H3,(H,17,18). The van der Waals surface area contributed by atoms with Crippen molar-refractivity contribution in [3.05, 3.63) is 11.6 Å². The fourth-order valence-electron chi connectivity index (χ4n) is 6.04. The van der Waals surface area contributed by atoms with Crippen LogP contribution < -0.4 is 0 Å². The zero-order valence-electron chi connectivity index (χ0n) is 11.2. The molecule has 4 rings (SSSR count). The Bertz CT molecular complexity index is 456. The summed E-state index contributed by atoms with van der Waals surface area (Å²) in [7, 11) is 0. The number of allylic oxidation sites excluding steroid dienone is 2. The molecule has 2 heteroatoms. The maximum Gasteiger partial charge on any atom is 0.310 e. The van der Waals surface area contributed by atoms with Gasteiger partial charge in [-0.2, -0.15) is 0 Å². The van der Waals surface area contributed by atoms with Crippen LogP contribution in [0.1, 0.15) is 58.3 Å². The van der Waals surface area contributed by atoms with E-state index in [1.54, 1.807) is 0 Å². The molecule has 4 aliphatic carbocycles. The van der Waals surface area contributed by atoms with E-state index in [1.807, 2.05) is 0 Å². The van der Waals surface area contributed by atoms with Gasteiger partial charge < -0.3 is 5.11 Å². The molecule has 4 bridgehead atoms. The first-order chi connectivity index (χ1) is 8.51. The van der Waals surface area contributed by atoms with Crippen molar-refractivity contribution in [2.45, 2.75) is 58.3 Å². The SMILES string of the molecule is CC1(C23CCC(CC2)C3)C=C2CCC1(C(=O)O)C2. The smallest absolute Gasteiger partial charge is 0.310 e.